The van der Waals surface area contributed by atoms with Crippen molar-refractivity contribution in [3.8, 4) is 6.07 Å². The molecule has 0 bridgehead atoms. The average molecular weight is 196 g/mol. The number of ether oxygens (including phenoxy) is 1. The van der Waals surface area contributed by atoms with Gasteiger partial charge in [0.25, 0.3) is 0 Å². The summed E-state index contributed by atoms with van der Waals surface area (Å²) in [6, 6.07) is 2.12. The first-order valence-corrected chi connectivity index (χ1v) is 4.79. The van der Waals surface area contributed by atoms with Gasteiger partial charge in [-0.25, -0.2) is 4.79 Å². The first-order valence-electron chi connectivity index (χ1n) is 4.79. The Labute approximate surface area is 84.2 Å². The van der Waals surface area contributed by atoms with Gasteiger partial charge in [-0.05, 0) is 40.0 Å². The molecule has 0 unspecified atom stereocenters. The van der Waals surface area contributed by atoms with Crippen molar-refractivity contribution in [1.82, 2.24) is 5.32 Å². The van der Waals surface area contributed by atoms with E-state index in [4.69, 9.17) is 10.00 Å². The van der Waals surface area contributed by atoms with E-state index < -0.39 is 17.2 Å². The summed E-state index contributed by atoms with van der Waals surface area (Å²) in [7, 11) is 0. The Balaban J connectivity index is 2.45. The highest BCUT2D eigenvalue weighted by molar-refractivity contribution is 5.69. The van der Waals surface area contributed by atoms with Crippen LogP contribution in [-0.4, -0.2) is 17.2 Å². The maximum absolute atomic E-state index is 11.3. The van der Waals surface area contributed by atoms with Gasteiger partial charge in [0.05, 0.1) is 6.07 Å². The molecule has 0 radical (unpaired) electrons. The van der Waals surface area contributed by atoms with Crippen LogP contribution in [0.1, 0.15) is 40.0 Å². The van der Waals surface area contributed by atoms with Crippen molar-refractivity contribution in [2.75, 3.05) is 0 Å². The number of hydrogen-bond donors (Lipinski definition) is 1. The average Bonchev–Trinajstić information content (AvgIpc) is 1.93. The van der Waals surface area contributed by atoms with Gasteiger partial charge in [-0.1, -0.05) is 0 Å². The third-order valence-electron chi connectivity index (χ3n) is 2.16. The lowest BCUT2D eigenvalue weighted by Crippen LogP contribution is -2.53. The van der Waals surface area contributed by atoms with Gasteiger partial charge >= 0.3 is 6.09 Å². The highest BCUT2D eigenvalue weighted by Crippen LogP contribution is 2.31. The minimum atomic E-state index is -0.664. The van der Waals surface area contributed by atoms with Crippen LogP contribution in [0.3, 0.4) is 0 Å². The Hall–Kier alpha value is -1.24. The van der Waals surface area contributed by atoms with Gasteiger partial charge in [-0.2, -0.15) is 5.26 Å². The van der Waals surface area contributed by atoms with Crippen molar-refractivity contribution in [3.63, 3.8) is 0 Å². The maximum Gasteiger partial charge on any atom is 0.408 e. The minimum absolute atomic E-state index is 0.501. The van der Waals surface area contributed by atoms with E-state index in [1.54, 1.807) is 20.8 Å². The quantitative estimate of drug-likeness (QED) is 0.697. The molecule has 14 heavy (non-hydrogen) atoms. The summed E-state index contributed by atoms with van der Waals surface area (Å²) in [5, 5.41) is 11.5. The molecule has 0 saturated heterocycles. The topological polar surface area (TPSA) is 62.1 Å². The van der Waals surface area contributed by atoms with Gasteiger partial charge in [0, 0.05) is 0 Å². The smallest absolute Gasteiger partial charge is 0.408 e. The van der Waals surface area contributed by atoms with Crippen molar-refractivity contribution in [2.45, 2.75) is 51.2 Å². The van der Waals surface area contributed by atoms with Crippen LogP contribution in [0.4, 0.5) is 4.79 Å². The van der Waals surface area contributed by atoms with Crippen molar-refractivity contribution >= 4 is 6.09 Å². The monoisotopic (exact) mass is 196 g/mol. The van der Waals surface area contributed by atoms with E-state index in [-0.39, 0.29) is 0 Å². The second kappa shape index (κ2) is 3.49. The molecule has 1 rings (SSSR count). The zero-order valence-corrected chi connectivity index (χ0v) is 8.89. The first kappa shape index (κ1) is 10.8. The number of amides is 1. The Morgan fingerprint density at radius 3 is 2.36 bits per heavy atom. The zero-order chi connectivity index (χ0) is 10.8. The van der Waals surface area contributed by atoms with E-state index in [2.05, 4.69) is 11.4 Å². The van der Waals surface area contributed by atoms with E-state index in [0.717, 1.165) is 19.3 Å². The highest BCUT2D eigenvalue weighted by atomic mass is 16.6. The SMILES string of the molecule is CC(C)(C)OC(=O)NC1(C#N)CCC1. The Morgan fingerprint density at radius 1 is 1.50 bits per heavy atom. The Kier molecular flexibility index (Phi) is 2.70. The molecular weight excluding hydrogens is 180 g/mol. The lowest BCUT2D eigenvalue weighted by molar-refractivity contribution is 0.0438. The molecule has 0 aromatic heterocycles. The summed E-state index contributed by atoms with van der Waals surface area (Å²) in [6.45, 7) is 5.39. The van der Waals surface area contributed by atoms with Crippen LogP contribution in [0.2, 0.25) is 0 Å². The summed E-state index contributed by atoms with van der Waals surface area (Å²) in [6.07, 6.45) is 1.94. The van der Waals surface area contributed by atoms with Crippen LogP contribution in [0, 0.1) is 11.3 Å². The van der Waals surface area contributed by atoms with Gasteiger partial charge < -0.3 is 10.1 Å². The van der Waals surface area contributed by atoms with E-state index in [0.29, 0.717) is 0 Å². The van der Waals surface area contributed by atoms with Crippen LogP contribution in [0.5, 0.6) is 0 Å². The molecule has 0 spiro atoms. The summed E-state index contributed by atoms with van der Waals surface area (Å²) in [5.41, 5.74) is -1.17. The standard InChI is InChI=1S/C10H16N2O2/c1-9(2,3)14-8(13)12-10(7-11)5-4-6-10/h4-6H2,1-3H3,(H,12,13). The van der Waals surface area contributed by atoms with Gasteiger partial charge in [0.2, 0.25) is 0 Å². The largest absolute Gasteiger partial charge is 0.444 e. The second-order valence-corrected chi connectivity index (χ2v) is 4.67. The van der Waals surface area contributed by atoms with Crippen molar-refractivity contribution in [2.24, 2.45) is 0 Å². The number of nitriles is 1. The van der Waals surface area contributed by atoms with Crippen LogP contribution in [0.15, 0.2) is 0 Å². The number of nitrogens with zero attached hydrogens (tertiary/aromatic N) is 1. The van der Waals surface area contributed by atoms with E-state index >= 15 is 0 Å². The van der Waals surface area contributed by atoms with E-state index in [1.165, 1.54) is 0 Å². The fraction of sp³-hybridized carbons (Fsp3) is 0.800. The van der Waals surface area contributed by atoms with Crippen LogP contribution in [0.25, 0.3) is 0 Å². The molecule has 0 aromatic rings. The Morgan fingerprint density at radius 2 is 2.07 bits per heavy atom. The predicted octanol–water partition coefficient (Wildman–Crippen LogP) is 1.96. The van der Waals surface area contributed by atoms with Gasteiger partial charge in [0.15, 0.2) is 0 Å². The van der Waals surface area contributed by atoms with Crippen LogP contribution >= 0.6 is 0 Å². The number of rotatable bonds is 1. The molecule has 1 N–H and O–H groups in total. The van der Waals surface area contributed by atoms with Gasteiger partial charge in [0.1, 0.15) is 11.1 Å². The number of nitrogens with one attached hydrogen (secondary N) is 1. The molecule has 1 amide bonds. The molecule has 1 saturated carbocycles. The molecule has 4 nitrogen and oxygen atoms in total. The molecule has 78 valence electrons. The number of alkyl carbamates (subject to hydrolysis) is 1. The third-order valence-corrected chi connectivity index (χ3v) is 2.16. The molecule has 1 fully saturated rings. The number of hydrogen-bond acceptors (Lipinski definition) is 3. The van der Waals surface area contributed by atoms with Crippen LogP contribution in [-0.2, 0) is 4.74 Å². The van der Waals surface area contributed by atoms with E-state index in [9.17, 15) is 4.79 Å². The third kappa shape index (κ3) is 2.63. The van der Waals surface area contributed by atoms with Crippen molar-refractivity contribution in [1.29, 1.82) is 5.26 Å². The van der Waals surface area contributed by atoms with E-state index in [1.807, 2.05) is 0 Å². The Bertz CT molecular complexity index is 269. The number of carbonyl (C=O) groups excluding carboxylic acids is 1. The van der Waals surface area contributed by atoms with Crippen molar-refractivity contribution in [3.05, 3.63) is 0 Å². The van der Waals surface area contributed by atoms with Gasteiger partial charge in [-0.15, -0.1) is 0 Å². The normalized spacial score (nSPS) is 19.0. The zero-order valence-electron chi connectivity index (χ0n) is 8.89. The molecule has 4 heteroatoms. The fourth-order valence-electron chi connectivity index (χ4n) is 1.29. The highest BCUT2D eigenvalue weighted by Gasteiger charge is 2.39. The summed E-state index contributed by atoms with van der Waals surface area (Å²) in [5.74, 6) is 0. The molecule has 1 aliphatic rings. The molecule has 1 aliphatic carbocycles. The minimum Gasteiger partial charge on any atom is -0.444 e. The maximum atomic E-state index is 11.3. The second-order valence-electron chi connectivity index (χ2n) is 4.67. The van der Waals surface area contributed by atoms with Crippen LogP contribution < -0.4 is 5.32 Å². The first-order chi connectivity index (χ1) is 6.37. The molecule has 0 atom stereocenters. The summed E-state index contributed by atoms with van der Waals surface area (Å²) in [4.78, 5) is 11.3. The summed E-state index contributed by atoms with van der Waals surface area (Å²) < 4.78 is 5.07. The predicted molar refractivity (Wildman–Crippen MR) is 51.6 cm³/mol. The molecule has 0 aromatic carbocycles. The lowest BCUT2D eigenvalue weighted by Gasteiger charge is -2.36. The lowest BCUT2D eigenvalue weighted by atomic mass is 9.78. The fourth-order valence-corrected chi connectivity index (χ4v) is 1.29. The number of carbonyl (C=O) groups is 1. The molecular formula is C10H16N2O2. The van der Waals surface area contributed by atoms with Crippen molar-refractivity contribution < 1.29 is 9.53 Å². The molecule has 0 aliphatic heterocycles. The van der Waals surface area contributed by atoms with Gasteiger partial charge in [-0.3, -0.25) is 0 Å². The molecule has 0 heterocycles. The summed E-state index contributed by atoms with van der Waals surface area (Å²) >= 11 is 0.